The van der Waals surface area contributed by atoms with Gasteiger partial charge in [0.2, 0.25) is 5.91 Å². The van der Waals surface area contributed by atoms with Gasteiger partial charge < -0.3 is 15.1 Å². The Morgan fingerprint density at radius 2 is 2.14 bits per heavy atom. The van der Waals surface area contributed by atoms with Crippen molar-refractivity contribution >= 4 is 23.2 Å². The maximum Gasteiger partial charge on any atom is 0.263 e. The van der Waals surface area contributed by atoms with Crippen LogP contribution in [-0.2, 0) is 4.79 Å². The van der Waals surface area contributed by atoms with Crippen LogP contribution in [0.3, 0.4) is 0 Å². The van der Waals surface area contributed by atoms with Gasteiger partial charge in [0.1, 0.15) is 0 Å². The lowest BCUT2D eigenvalue weighted by atomic mass is 9.96. The molecule has 6 heteroatoms. The zero-order valence-corrected chi connectivity index (χ0v) is 14.2. The number of nitrogens with one attached hydrogen (secondary N) is 1. The second-order valence-electron chi connectivity index (χ2n) is 5.73. The first-order valence-corrected chi connectivity index (χ1v) is 8.78. The number of likely N-dealkylation sites (tertiary alicyclic amines) is 1. The van der Waals surface area contributed by atoms with E-state index in [-0.39, 0.29) is 17.7 Å². The normalized spacial score (nSPS) is 16.0. The van der Waals surface area contributed by atoms with Gasteiger partial charge in [0.15, 0.2) is 0 Å². The quantitative estimate of drug-likeness (QED) is 0.866. The van der Waals surface area contributed by atoms with E-state index in [0.717, 1.165) is 30.8 Å². The van der Waals surface area contributed by atoms with Crippen LogP contribution in [-0.4, -0.2) is 61.4 Å². The SMILES string of the molecule is CCN(C)CCNC(=O)C1CCN(C(=O)c2cccs2)CC1. The first kappa shape index (κ1) is 17.0. The maximum atomic E-state index is 12.2. The van der Waals surface area contributed by atoms with Crippen LogP contribution in [0.2, 0.25) is 0 Å². The third-order valence-corrected chi connectivity index (χ3v) is 5.08. The van der Waals surface area contributed by atoms with Gasteiger partial charge >= 0.3 is 0 Å². The summed E-state index contributed by atoms with van der Waals surface area (Å²) in [6.07, 6.45) is 1.51. The van der Waals surface area contributed by atoms with E-state index in [1.54, 1.807) is 0 Å². The van der Waals surface area contributed by atoms with E-state index in [1.807, 2.05) is 29.5 Å². The molecule has 0 aromatic carbocycles. The lowest BCUT2D eigenvalue weighted by molar-refractivity contribution is -0.126. The van der Waals surface area contributed by atoms with Gasteiger partial charge in [-0.05, 0) is 37.9 Å². The van der Waals surface area contributed by atoms with Crippen LogP contribution in [0.4, 0.5) is 0 Å². The van der Waals surface area contributed by atoms with E-state index in [9.17, 15) is 9.59 Å². The summed E-state index contributed by atoms with van der Waals surface area (Å²) in [6, 6.07) is 3.75. The van der Waals surface area contributed by atoms with Crippen LogP contribution in [0.5, 0.6) is 0 Å². The second-order valence-corrected chi connectivity index (χ2v) is 6.68. The molecule has 0 unspecified atom stereocenters. The Morgan fingerprint density at radius 3 is 2.73 bits per heavy atom. The number of nitrogens with zero attached hydrogens (tertiary/aromatic N) is 2. The summed E-state index contributed by atoms with van der Waals surface area (Å²) in [7, 11) is 2.04. The molecule has 0 aliphatic carbocycles. The van der Waals surface area contributed by atoms with Crippen molar-refractivity contribution in [2.24, 2.45) is 5.92 Å². The first-order valence-electron chi connectivity index (χ1n) is 7.90. The van der Waals surface area contributed by atoms with Crippen molar-refractivity contribution in [3.8, 4) is 0 Å². The number of hydrogen-bond donors (Lipinski definition) is 1. The number of carbonyl (C=O) groups excluding carboxylic acids is 2. The molecular weight excluding hydrogens is 298 g/mol. The van der Waals surface area contributed by atoms with Crippen molar-refractivity contribution < 1.29 is 9.59 Å². The van der Waals surface area contributed by atoms with Gasteiger partial charge in [0, 0.05) is 32.1 Å². The summed E-state index contributed by atoms with van der Waals surface area (Å²) in [4.78, 5) is 29.2. The summed E-state index contributed by atoms with van der Waals surface area (Å²) in [5.41, 5.74) is 0. The molecule has 0 saturated carbocycles. The summed E-state index contributed by atoms with van der Waals surface area (Å²) in [5.74, 6) is 0.269. The predicted molar refractivity (Wildman–Crippen MR) is 89.1 cm³/mol. The smallest absolute Gasteiger partial charge is 0.263 e. The molecule has 1 aliphatic heterocycles. The molecule has 0 spiro atoms. The molecule has 1 aliphatic rings. The van der Waals surface area contributed by atoms with E-state index in [0.29, 0.717) is 19.6 Å². The molecule has 0 radical (unpaired) electrons. The van der Waals surface area contributed by atoms with Gasteiger partial charge in [-0.1, -0.05) is 13.0 Å². The topological polar surface area (TPSA) is 52.7 Å². The van der Waals surface area contributed by atoms with Crippen LogP contribution >= 0.6 is 11.3 Å². The van der Waals surface area contributed by atoms with Gasteiger partial charge in [-0.15, -0.1) is 11.3 Å². The van der Waals surface area contributed by atoms with E-state index >= 15 is 0 Å². The van der Waals surface area contributed by atoms with Crippen LogP contribution < -0.4 is 5.32 Å². The molecule has 2 heterocycles. The van der Waals surface area contributed by atoms with Crippen molar-refractivity contribution in [3.63, 3.8) is 0 Å². The van der Waals surface area contributed by atoms with Crippen molar-refractivity contribution in [1.82, 2.24) is 15.1 Å². The summed E-state index contributed by atoms with van der Waals surface area (Å²) < 4.78 is 0. The molecule has 0 bridgehead atoms. The minimum Gasteiger partial charge on any atom is -0.355 e. The largest absolute Gasteiger partial charge is 0.355 e. The second kappa shape index (κ2) is 8.29. The minimum atomic E-state index is 0.0410. The zero-order chi connectivity index (χ0) is 15.9. The fraction of sp³-hybridized carbons (Fsp3) is 0.625. The number of piperidine rings is 1. The Hall–Kier alpha value is -1.40. The number of hydrogen-bond acceptors (Lipinski definition) is 4. The molecule has 1 aromatic heterocycles. The highest BCUT2D eigenvalue weighted by Gasteiger charge is 2.27. The molecular formula is C16H25N3O2S. The Labute approximate surface area is 136 Å². The van der Waals surface area contributed by atoms with E-state index in [4.69, 9.17) is 0 Å². The van der Waals surface area contributed by atoms with Crippen LogP contribution in [0.1, 0.15) is 29.4 Å². The highest BCUT2D eigenvalue weighted by atomic mass is 32.1. The summed E-state index contributed by atoms with van der Waals surface area (Å²) in [5, 5.41) is 4.92. The minimum absolute atomic E-state index is 0.0410. The number of amides is 2. The summed E-state index contributed by atoms with van der Waals surface area (Å²) >= 11 is 1.47. The maximum absolute atomic E-state index is 12.2. The van der Waals surface area contributed by atoms with Crippen LogP contribution in [0, 0.1) is 5.92 Å². The molecule has 1 saturated heterocycles. The standard InChI is InChI=1S/C16H25N3O2S/c1-3-18(2)11-8-17-15(20)13-6-9-19(10-7-13)16(21)14-5-4-12-22-14/h4-5,12-13H,3,6-11H2,1-2H3,(H,17,20). The van der Waals surface area contributed by atoms with E-state index in [1.165, 1.54) is 11.3 Å². The molecule has 1 fully saturated rings. The number of carbonyl (C=O) groups is 2. The molecule has 0 atom stereocenters. The zero-order valence-electron chi connectivity index (χ0n) is 13.4. The molecule has 2 amide bonds. The van der Waals surface area contributed by atoms with Crippen LogP contribution in [0.25, 0.3) is 0 Å². The lowest BCUT2D eigenvalue weighted by Crippen LogP contribution is -2.44. The Bertz CT molecular complexity index is 482. The third-order valence-electron chi connectivity index (χ3n) is 4.22. The van der Waals surface area contributed by atoms with Crippen molar-refractivity contribution in [2.75, 3.05) is 39.8 Å². The lowest BCUT2D eigenvalue weighted by Gasteiger charge is -2.31. The van der Waals surface area contributed by atoms with E-state index < -0.39 is 0 Å². The fourth-order valence-corrected chi connectivity index (χ4v) is 3.26. The number of likely N-dealkylation sites (N-methyl/N-ethyl adjacent to an activating group) is 1. The average molecular weight is 323 g/mol. The van der Waals surface area contributed by atoms with E-state index in [2.05, 4.69) is 17.1 Å². The molecule has 5 nitrogen and oxygen atoms in total. The summed E-state index contributed by atoms with van der Waals surface area (Å²) in [6.45, 7) is 5.99. The fourth-order valence-electron chi connectivity index (χ4n) is 2.57. The Balaban J connectivity index is 1.72. The Morgan fingerprint density at radius 1 is 1.41 bits per heavy atom. The highest BCUT2D eigenvalue weighted by Crippen LogP contribution is 2.20. The number of rotatable bonds is 6. The average Bonchev–Trinajstić information content (AvgIpc) is 3.08. The van der Waals surface area contributed by atoms with Gasteiger partial charge in [0.05, 0.1) is 4.88 Å². The molecule has 22 heavy (non-hydrogen) atoms. The number of thiophene rings is 1. The van der Waals surface area contributed by atoms with Crippen molar-refractivity contribution in [3.05, 3.63) is 22.4 Å². The van der Waals surface area contributed by atoms with Crippen LogP contribution in [0.15, 0.2) is 17.5 Å². The van der Waals surface area contributed by atoms with Gasteiger partial charge in [-0.3, -0.25) is 9.59 Å². The monoisotopic (exact) mass is 323 g/mol. The van der Waals surface area contributed by atoms with Crippen molar-refractivity contribution in [1.29, 1.82) is 0 Å². The molecule has 1 N–H and O–H groups in total. The molecule has 122 valence electrons. The third kappa shape index (κ3) is 4.55. The van der Waals surface area contributed by atoms with Gasteiger partial charge in [-0.2, -0.15) is 0 Å². The first-order chi connectivity index (χ1) is 10.6. The molecule has 1 aromatic rings. The predicted octanol–water partition coefficient (Wildman–Crippen LogP) is 1.67. The van der Waals surface area contributed by atoms with Gasteiger partial charge in [-0.25, -0.2) is 0 Å². The highest BCUT2D eigenvalue weighted by molar-refractivity contribution is 7.12. The molecule has 2 rings (SSSR count). The van der Waals surface area contributed by atoms with Crippen molar-refractivity contribution in [2.45, 2.75) is 19.8 Å². The Kier molecular flexibility index (Phi) is 6.39. The van der Waals surface area contributed by atoms with Gasteiger partial charge in [0.25, 0.3) is 5.91 Å².